The lowest BCUT2D eigenvalue weighted by atomic mass is 10.1. The summed E-state index contributed by atoms with van der Waals surface area (Å²) in [5, 5.41) is 9.82. The van der Waals surface area contributed by atoms with Crippen LogP contribution in [0.1, 0.15) is 12.0 Å². The molecule has 0 aliphatic rings. The highest BCUT2D eigenvalue weighted by Crippen LogP contribution is 2.14. The molecule has 1 rings (SSSR count). The van der Waals surface area contributed by atoms with Gasteiger partial charge in [-0.25, -0.2) is 0 Å². The van der Waals surface area contributed by atoms with Crippen molar-refractivity contribution in [2.75, 3.05) is 7.11 Å². The average Bonchev–Trinajstić information content (AvgIpc) is 2.33. The molecule has 0 saturated carbocycles. The number of aliphatic hydroxyl groups is 1. The van der Waals surface area contributed by atoms with Gasteiger partial charge >= 0.3 is 0 Å². The van der Waals surface area contributed by atoms with Crippen LogP contribution in [0.25, 0.3) is 0 Å². The van der Waals surface area contributed by atoms with Gasteiger partial charge in [-0.1, -0.05) is 37.7 Å². The Balaban J connectivity index is 2.51. The van der Waals surface area contributed by atoms with E-state index in [4.69, 9.17) is 4.74 Å². The summed E-state index contributed by atoms with van der Waals surface area (Å²) >= 11 is 0. The SMILES string of the molecule is COc1cccc(CCC(O)C#C[Si](C)(C)C)c1. The molecule has 0 aliphatic carbocycles. The van der Waals surface area contributed by atoms with E-state index in [2.05, 4.69) is 31.1 Å². The van der Waals surface area contributed by atoms with E-state index in [-0.39, 0.29) is 0 Å². The number of hydrogen-bond donors (Lipinski definition) is 1. The predicted molar refractivity (Wildman–Crippen MR) is 78.4 cm³/mol. The Labute approximate surface area is 111 Å². The second-order valence-electron chi connectivity index (χ2n) is 5.43. The summed E-state index contributed by atoms with van der Waals surface area (Å²) in [5.41, 5.74) is 4.36. The minimum atomic E-state index is -1.38. The molecule has 98 valence electrons. The van der Waals surface area contributed by atoms with Crippen LogP contribution in [0.5, 0.6) is 5.75 Å². The third-order valence-electron chi connectivity index (χ3n) is 2.45. The third-order valence-corrected chi connectivity index (χ3v) is 3.35. The molecule has 1 atom stereocenters. The molecule has 2 nitrogen and oxygen atoms in total. The predicted octanol–water partition coefficient (Wildman–Crippen LogP) is 2.87. The van der Waals surface area contributed by atoms with E-state index in [1.807, 2.05) is 24.3 Å². The van der Waals surface area contributed by atoms with Crippen molar-refractivity contribution in [3.05, 3.63) is 29.8 Å². The molecule has 3 heteroatoms. The van der Waals surface area contributed by atoms with Crippen LogP contribution in [0.2, 0.25) is 19.6 Å². The van der Waals surface area contributed by atoms with E-state index in [9.17, 15) is 5.11 Å². The second kappa shape index (κ2) is 6.63. The largest absolute Gasteiger partial charge is 0.497 e. The fourth-order valence-electron chi connectivity index (χ4n) is 1.50. The number of methoxy groups -OCH3 is 1. The summed E-state index contributed by atoms with van der Waals surface area (Å²) in [7, 11) is 0.276. The second-order valence-corrected chi connectivity index (χ2v) is 10.2. The fraction of sp³-hybridized carbons (Fsp3) is 0.467. The van der Waals surface area contributed by atoms with Gasteiger partial charge in [0, 0.05) is 0 Å². The van der Waals surface area contributed by atoms with Crippen LogP contribution in [0, 0.1) is 11.5 Å². The van der Waals surface area contributed by atoms with Crippen LogP contribution >= 0.6 is 0 Å². The average molecular weight is 262 g/mol. The molecule has 0 amide bonds. The van der Waals surface area contributed by atoms with Crippen molar-refractivity contribution in [2.24, 2.45) is 0 Å². The number of aryl methyl sites for hydroxylation is 1. The normalized spacial score (nSPS) is 12.5. The van der Waals surface area contributed by atoms with Crippen LogP contribution in [0.15, 0.2) is 24.3 Å². The minimum absolute atomic E-state index is 0.525. The first kappa shape index (κ1) is 14.8. The maximum Gasteiger partial charge on any atom is 0.129 e. The molecule has 0 heterocycles. The topological polar surface area (TPSA) is 29.5 Å². The lowest BCUT2D eigenvalue weighted by molar-refractivity contribution is 0.222. The van der Waals surface area contributed by atoms with Crippen molar-refractivity contribution in [2.45, 2.75) is 38.6 Å². The summed E-state index contributed by atoms with van der Waals surface area (Å²) in [6, 6.07) is 7.93. The zero-order chi connectivity index (χ0) is 13.6. The fourth-order valence-corrected chi connectivity index (χ4v) is 2.10. The molecule has 0 aromatic heterocycles. The van der Waals surface area contributed by atoms with E-state index in [0.717, 1.165) is 12.2 Å². The van der Waals surface area contributed by atoms with Gasteiger partial charge in [0.1, 0.15) is 19.9 Å². The van der Waals surface area contributed by atoms with Crippen LogP contribution in [-0.2, 0) is 6.42 Å². The Kier molecular flexibility index (Phi) is 5.45. The van der Waals surface area contributed by atoms with Gasteiger partial charge in [0.15, 0.2) is 0 Å². The maximum absolute atomic E-state index is 9.82. The van der Waals surface area contributed by atoms with Gasteiger partial charge in [0.05, 0.1) is 7.11 Å². The number of benzene rings is 1. The first-order chi connectivity index (χ1) is 8.40. The summed E-state index contributed by atoms with van der Waals surface area (Å²) < 4.78 is 5.17. The van der Waals surface area contributed by atoms with Crippen molar-refractivity contribution in [1.29, 1.82) is 0 Å². The molecular weight excluding hydrogens is 240 g/mol. The van der Waals surface area contributed by atoms with E-state index >= 15 is 0 Å². The first-order valence-corrected chi connectivity index (χ1v) is 9.74. The standard InChI is InChI=1S/C15H22O2Si/c1-17-15-7-5-6-13(12-15)8-9-14(16)10-11-18(2,3)4/h5-7,12,14,16H,8-9H2,1-4H3. The molecule has 1 aromatic rings. The van der Waals surface area contributed by atoms with E-state index in [1.165, 1.54) is 5.56 Å². The number of aliphatic hydroxyl groups excluding tert-OH is 1. The Hall–Kier alpha value is -1.24. The summed E-state index contributed by atoms with van der Waals surface area (Å²) in [5.74, 6) is 3.81. The molecule has 1 N–H and O–H groups in total. The van der Waals surface area contributed by atoms with Crippen molar-refractivity contribution in [1.82, 2.24) is 0 Å². The molecule has 0 fully saturated rings. The first-order valence-electron chi connectivity index (χ1n) is 6.24. The Morgan fingerprint density at radius 2 is 2.06 bits per heavy atom. The zero-order valence-electron chi connectivity index (χ0n) is 11.7. The maximum atomic E-state index is 9.82. The van der Waals surface area contributed by atoms with Crippen molar-refractivity contribution < 1.29 is 9.84 Å². The lowest BCUT2D eigenvalue weighted by Crippen LogP contribution is -2.18. The van der Waals surface area contributed by atoms with E-state index in [1.54, 1.807) is 7.11 Å². The highest BCUT2D eigenvalue weighted by molar-refractivity contribution is 6.83. The Morgan fingerprint density at radius 1 is 1.33 bits per heavy atom. The molecular formula is C15H22O2Si. The van der Waals surface area contributed by atoms with Gasteiger partial charge in [-0.05, 0) is 30.5 Å². The summed E-state index contributed by atoms with van der Waals surface area (Å²) in [6.07, 6.45) is 0.964. The summed E-state index contributed by atoms with van der Waals surface area (Å²) in [6.45, 7) is 6.53. The van der Waals surface area contributed by atoms with Gasteiger partial charge in [-0.3, -0.25) is 0 Å². The number of ether oxygens (including phenoxy) is 1. The van der Waals surface area contributed by atoms with Gasteiger partial charge in [-0.15, -0.1) is 5.54 Å². The smallest absolute Gasteiger partial charge is 0.129 e. The highest BCUT2D eigenvalue weighted by Gasteiger charge is 2.09. The Bertz CT molecular complexity index is 438. The van der Waals surface area contributed by atoms with Crippen LogP contribution in [-0.4, -0.2) is 26.4 Å². The van der Waals surface area contributed by atoms with Crippen molar-refractivity contribution in [3.8, 4) is 17.2 Å². The van der Waals surface area contributed by atoms with Gasteiger partial charge in [-0.2, -0.15) is 0 Å². The molecule has 0 saturated heterocycles. The molecule has 0 radical (unpaired) electrons. The van der Waals surface area contributed by atoms with Crippen molar-refractivity contribution in [3.63, 3.8) is 0 Å². The van der Waals surface area contributed by atoms with Crippen LogP contribution in [0.4, 0.5) is 0 Å². The molecule has 18 heavy (non-hydrogen) atoms. The highest BCUT2D eigenvalue weighted by atomic mass is 28.3. The summed E-state index contributed by atoms with van der Waals surface area (Å²) in [4.78, 5) is 0. The van der Waals surface area contributed by atoms with Crippen molar-refractivity contribution >= 4 is 8.07 Å². The molecule has 0 spiro atoms. The van der Waals surface area contributed by atoms with Gasteiger partial charge in [0.2, 0.25) is 0 Å². The minimum Gasteiger partial charge on any atom is -0.497 e. The number of hydrogen-bond acceptors (Lipinski definition) is 2. The molecule has 0 aliphatic heterocycles. The monoisotopic (exact) mass is 262 g/mol. The van der Waals surface area contributed by atoms with Gasteiger partial charge in [0.25, 0.3) is 0 Å². The molecule has 1 unspecified atom stereocenters. The molecule has 0 bridgehead atoms. The van der Waals surface area contributed by atoms with Crippen LogP contribution in [0.3, 0.4) is 0 Å². The van der Waals surface area contributed by atoms with E-state index in [0.29, 0.717) is 6.42 Å². The third kappa shape index (κ3) is 5.90. The van der Waals surface area contributed by atoms with Gasteiger partial charge < -0.3 is 9.84 Å². The lowest BCUT2D eigenvalue weighted by Gasteiger charge is -2.08. The molecule has 1 aromatic carbocycles. The Morgan fingerprint density at radius 3 is 2.67 bits per heavy atom. The van der Waals surface area contributed by atoms with Crippen LogP contribution < -0.4 is 4.74 Å². The zero-order valence-corrected chi connectivity index (χ0v) is 12.7. The number of rotatable bonds is 4. The van der Waals surface area contributed by atoms with E-state index < -0.39 is 14.2 Å². The quantitative estimate of drug-likeness (QED) is 0.668.